The predicted octanol–water partition coefficient (Wildman–Crippen LogP) is 4.73. The van der Waals surface area contributed by atoms with Gasteiger partial charge in [0.15, 0.2) is 0 Å². The average molecular weight is 343 g/mol. The second-order valence-corrected chi connectivity index (χ2v) is 8.00. The summed E-state index contributed by atoms with van der Waals surface area (Å²) in [5.74, 6) is 0. The first-order valence-corrected chi connectivity index (χ1v) is 10.4. The van der Waals surface area contributed by atoms with Crippen LogP contribution in [0.5, 0.6) is 0 Å². The van der Waals surface area contributed by atoms with E-state index in [-0.39, 0.29) is 0 Å². The Labute approximate surface area is 122 Å². The van der Waals surface area contributed by atoms with Crippen LogP contribution in [-0.4, -0.2) is 22.5 Å². The van der Waals surface area contributed by atoms with Crippen molar-refractivity contribution in [1.82, 2.24) is 0 Å². The normalized spacial score (nSPS) is 10.5. The molecule has 0 N–H and O–H groups in total. The summed E-state index contributed by atoms with van der Waals surface area (Å²) < 4.78 is 1.72. The Morgan fingerprint density at radius 2 is 1.24 bits per heavy atom. The maximum atomic E-state index is 4.32. The molecule has 0 unspecified atom stereocenters. The van der Waals surface area contributed by atoms with Crippen molar-refractivity contribution >= 4 is 22.5 Å². The summed E-state index contributed by atoms with van der Waals surface area (Å²) in [6, 6.07) is 0. The van der Waals surface area contributed by atoms with Crippen LogP contribution in [0.4, 0.5) is 0 Å². The Morgan fingerprint density at radius 3 is 1.65 bits per heavy atom. The molecule has 0 saturated heterocycles. The van der Waals surface area contributed by atoms with E-state index in [1.165, 1.54) is 63.4 Å². The summed E-state index contributed by atoms with van der Waals surface area (Å²) >= 11 is 0.621. The van der Waals surface area contributed by atoms with E-state index in [9.17, 15) is 0 Å². The molecule has 100 valence electrons. The average Bonchev–Trinajstić information content (AvgIpc) is 2.35. The van der Waals surface area contributed by atoms with Gasteiger partial charge in [-0.1, -0.05) is 0 Å². The number of unbranched alkanes of at least 4 members (excludes halogenated alkanes) is 3. The van der Waals surface area contributed by atoms with E-state index in [4.69, 9.17) is 0 Å². The van der Waals surface area contributed by atoms with Gasteiger partial charge in [-0.3, -0.25) is 0 Å². The molecule has 0 saturated carbocycles. The molecule has 0 aromatic rings. The van der Waals surface area contributed by atoms with Gasteiger partial charge in [-0.15, -0.1) is 0 Å². The molecule has 0 atom stereocenters. The molecule has 0 spiro atoms. The van der Waals surface area contributed by atoms with Crippen LogP contribution in [0.2, 0.25) is 0 Å². The summed E-state index contributed by atoms with van der Waals surface area (Å²) in [4.78, 5) is 0. The molecule has 0 fully saturated rings. The zero-order valence-electron chi connectivity index (χ0n) is 12.6. The van der Waals surface area contributed by atoms with Gasteiger partial charge in [-0.25, -0.2) is 0 Å². The van der Waals surface area contributed by atoms with E-state index in [1.54, 1.807) is 9.16 Å². The van der Waals surface area contributed by atoms with E-state index in [1.807, 2.05) is 0 Å². The van der Waals surface area contributed by atoms with E-state index < -0.39 is 0 Å². The molecule has 0 aliphatic heterocycles. The van der Waals surface area contributed by atoms with Gasteiger partial charge in [0, 0.05) is 0 Å². The molecule has 0 radical (unpaired) electrons. The Hall–Kier alpha value is 0.279. The van der Waals surface area contributed by atoms with Crippen LogP contribution < -0.4 is 0 Å². The fourth-order valence-electron chi connectivity index (χ4n) is 2.11. The molecule has 0 bridgehead atoms. The van der Waals surface area contributed by atoms with Gasteiger partial charge in [-0.2, -0.15) is 0 Å². The molecule has 0 amide bonds. The molecule has 0 nitrogen and oxygen atoms in total. The van der Waals surface area contributed by atoms with Crippen molar-refractivity contribution < 1.29 is 0 Å². The summed E-state index contributed by atoms with van der Waals surface area (Å²) in [5.41, 5.74) is 3.25. The Balaban J connectivity index is 4.50. The van der Waals surface area contributed by atoms with Gasteiger partial charge in [0.25, 0.3) is 0 Å². The summed E-state index contributed by atoms with van der Waals surface area (Å²) in [6.07, 6.45) is 11.9. The predicted molar refractivity (Wildman–Crippen MR) is 84.7 cm³/mol. The van der Waals surface area contributed by atoms with Crippen LogP contribution >= 0.6 is 0 Å². The van der Waals surface area contributed by atoms with Crippen LogP contribution in [0.15, 0.2) is 21.3 Å². The number of allylic oxidation sites excluding steroid dienone is 3. The van der Waals surface area contributed by atoms with Gasteiger partial charge >= 0.3 is 122 Å². The van der Waals surface area contributed by atoms with Crippen molar-refractivity contribution in [2.24, 2.45) is 0 Å². The van der Waals surface area contributed by atoms with E-state index >= 15 is 0 Å². The number of hydrogen-bond acceptors (Lipinski definition) is 0. The standard InChI is InChI=1S/C16H29.Sn.3H/c1-5-8-11-15(4)14-16(12-9-6-2)13-10-7-3;;;;/h4-13H2,1-3H3;;;;. The molecule has 0 aromatic carbocycles. The van der Waals surface area contributed by atoms with Crippen molar-refractivity contribution in [2.45, 2.75) is 78.6 Å². The molecule has 0 rings (SSSR count). The van der Waals surface area contributed by atoms with Crippen molar-refractivity contribution in [3.63, 3.8) is 0 Å². The molecule has 0 aliphatic carbocycles. The molecule has 1 heteroatoms. The van der Waals surface area contributed by atoms with Crippen LogP contribution in [-0.2, 0) is 0 Å². The van der Waals surface area contributed by atoms with E-state index in [2.05, 4.69) is 27.4 Å². The van der Waals surface area contributed by atoms with Crippen LogP contribution in [0.3, 0.4) is 0 Å². The molecule has 0 aromatic heterocycles. The van der Waals surface area contributed by atoms with Crippen LogP contribution in [0.1, 0.15) is 78.6 Å². The first-order valence-electron chi connectivity index (χ1n) is 7.54. The topological polar surface area (TPSA) is 0 Å². The zero-order valence-corrected chi connectivity index (χ0v) is 18.3. The monoisotopic (exact) mass is 344 g/mol. The fraction of sp³-hybridized carbons (Fsp3) is 0.750. The Morgan fingerprint density at radius 1 is 0.824 bits per heavy atom. The minimum atomic E-state index is 0.621. The Kier molecular flexibility index (Phi) is 11.6. The van der Waals surface area contributed by atoms with Gasteiger partial charge in [0.1, 0.15) is 0 Å². The summed E-state index contributed by atoms with van der Waals surface area (Å²) in [5, 5.41) is 0. The molecular formula is C16H32Sn. The van der Waals surface area contributed by atoms with Crippen molar-refractivity contribution in [3.05, 3.63) is 21.3 Å². The molecule has 17 heavy (non-hydrogen) atoms. The van der Waals surface area contributed by atoms with E-state index in [0.717, 1.165) is 0 Å². The third-order valence-corrected chi connectivity index (χ3v) is 7.59. The first-order chi connectivity index (χ1) is 8.17. The summed E-state index contributed by atoms with van der Waals surface area (Å²) in [7, 11) is 0. The third-order valence-electron chi connectivity index (χ3n) is 3.56. The summed E-state index contributed by atoms with van der Waals surface area (Å²) in [6.45, 7) is 11.2. The number of rotatable bonds is 10. The number of hydrogen-bond donors (Lipinski definition) is 0. The zero-order chi connectivity index (χ0) is 13.1. The first kappa shape index (κ1) is 17.3. The molecular weight excluding hydrogens is 311 g/mol. The maximum absolute atomic E-state index is 4.32. The Bertz CT molecular complexity index is 228. The molecule has 0 aliphatic rings. The van der Waals surface area contributed by atoms with Gasteiger partial charge in [0.05, 0.1) is 0 Å². The molecule has 0 heterocycles. The van der Waals surface area contributed by atoms with Gasteiger partial charge in [0.2, 0.25) is 0 Å². The van der Waals surface area contributed by atoms with Crippen molar-refractivity contribution in [2.75, 3.05) is 0 Å². The van der Waals surface area contributed by atoms with Crippen molar-refractivity contribution in [3.8, 4) is 0 Å². The second kappa shape index (κ2) is 11.4. The minimum absolute atomic E-state index is 0.621. The van der Waals surface area contributed by atoms with Gasteiger partial charge in [-0.05, 0) is 0 Å². The third kappa shape index (κ3) is 8.07. The second-order valence-electron chi connectivity index (χ2n) is 5.14. The van der Waals surface area contributed by atoms with Crippen LogP contribution in [0, 0.1) is 0 Å². The van der Waals surface area contributed by atoms with Crippen molar-refractivity contribution in [1.29, 1.82) is 0 Å². The van der Waals surface area contributed by atoms with Crippen LogP contribution in [0.25, 0.3) is 0 Å². The quantitative estimate of drug-likeness (QED) is 0.397. The SMILES string of the molecule is C=C(CCCC)[C]([SnH3])=C(CCCC)CCCC. The fourth-order valence-corrected chi connectivity index (χ4v) is 4.25. The van der Waals surface area contributed by atoms with E-state index in [0.29, 0.717) is 22.5 Å². The van der Waals surface area contributed by atoms with Gasteiger partial charge < -0.3 is 0 Å².